The highest BCUT2D eigenvalue weighted by Gasteiger charge is 2.03. The molecule has 4 heteroatoms. The van der Waals surface area contributed by atoms with Gasteiger partial charge in [0.25, 0.3) is 5.56 Å². The molecule has 0 aliphatic heterocycles. The lowest BCUT2D eigenvalue weighted by atomic mass is 10.1. The second kappa shape index (κ2) is 4.37. The molecule has 0 saturated heterocycles. The molecular formula is C10H14N2OS. The van der Waals surface area contributed by atoms with Crippen molar-refractivity contribution in [2.45, 2.75) is 26.3 Å². The number of aromatic amines is 1. The molecule has 0 spiro atoms. The smallest absolute Gasteiger partial charge is 0.254 e. The highest BCUT2D eigenvalue weighted by atomic mass is 32.1. The summed E-state index contributed by atoms with van der Waals surface area (Å²) in [5.41, 5.74) is 0.803. The quantitative estimate of drug-likeness (QED) is 0.613. The molecule has 0 radical (unpaired) electrons. The number of hydrogen-bond acceptors (Lipinski definition) is 2. The molecule has 14 heavy (non-hydrogen) atoms. The van der Waals surface area contributed by atoms with Crippen LogP contribution in [0.3, 0.4) is 0 Å². The maximum Gasteiger partial charge on any atom is 0.254 e. The third kappa shape index (κ3) is 2.20. The van der Waals surface area contributed by atoms with Crippen LogP contribution in [0.1, 0.15) is 25.5 Å². The summed E-state index contributed by atoms with van der Waals surface area (Å²) in [5.74, 6) is 0.280. The molecule has 76 valence electrons. The standard InChI is InChI=1S/C10H14N2OS/c1-4-5-12-9(13)6-8(7(2)3)11-10(12)14/h4,6-7H,1,5H2,2-3H3,(H,11,14). The van der Waals surface area contributed by atoms with Crippen LogP contribution < -0.4 is 5.56 Å². The van der Waals surface area contributed by atoms with Gasteiger partial charge < -0.3 is 4.98 Å². The Morgan fingerprint density at radius 3 is 2.79 bits per heavy atom. The lowest BCUT2D eigenvalue weighted by Gasteiger charge is -2.08. The van der Waals surface area contributed by atoms with Gasteiger partial charge in [-0.2, -0.15) is 0 Å². The molecule has 0 aromatic carbocycles. The van der Waals surface area contributed by atoms with Gasteiger partial charge in [-0.25, -0.2) is 0 Å². The van der Waals surface area contributed by atoms with Crippen molar-refractivity contribution in [2.24, 2.45) is 0 Å². The summed E-state index contributed by atoms with van der Waals surface area (Å²) >= 11 is 5.07. The van der Waals surface area contributed by atoms with Crippen LogP contribution in [0.5, 0.6) is 0 Å². The fraction of sp³-hybridized carbons (Fsp3) is 0.400. The van der Waals surface area contributed by atoms with Crippen LogP contribution >= 0.6 is 12.2 Å². The van der Waals surface area contributed by atoms with Crippen LogP contribution in [0.15, 0.2) is 23.5 Å². The Morgan fingerprint density at radius 2 is 2.36 bits per heavy atom. The normalized spacial score (nSPS) is 10.5. The van der Waals surface area contributed by atoms with Crippen LogP contribution in [-0.4, -0.2) is 9.55 Å². The van der Waals surface area contributed by atoms with Gasteiger partial charge in [0.05, 0.1) is 0 Å². The molecule has 0 bridgehead atoms. The Kier molecular flexibility index (Phi) is 3.41. The van der Waals surface area contributed by atoms with E-state index in [0.717, 1.165) is 5.69 Å². The zero-order valence-electron chi connectivity index (χ0n) is 8.41. The Bertz CT molecular complexity index is 411. The zero-order chi connectivity index (χ0) is 10.7. The zero-order valence-corrected chi connectivity index (χ0v) is 9.23. The Morgan fingerprint density at radius 1 is 1.71 bits per heavy atom. The summed E-state index contributed by atoms with van der Waals surface area (Å²) in [4.78, 5) is 14.6. The highest BCUT2D eigenvalue weighted by Crippen LogP contribution is 2.07. The summed E-state index contributed by atoms with van der Waals surface area (Å²) in [7, 11) is 0. The van der Waals surface area contributed by atoms with Crippen molar-refractivity contribution in [2.75, 3.05) is 0 Å². The lowest BCUT2D eigenvalue weighted by Crippen LogP contribution is -2.21. The SMILES string of the molecule is C=CCn1c(=O)cc(C(C)C)[nH]c1=S. The molecule has 0 atom stereocenters. The minimum absolute atomic E-state index is 0.0719. The van der Waals surface area contributed by atoms with Crippen molar-refractivity contribution in [3.8, 4) is 0 Å². The Labute approximate surface area is 88.1 Å². The van der Waals surface area contributed by atoms with E-state index in [1.165, 1.54) is 4.57 Å². The fourth-order valence-electron chi connectivity index (χ4n) is 1.15. The van der Waals surface area contributed by atoms with Gasteiger partial charge in [-0.15, -0.1) is 6.58 Å². The first-order valence-corrected chi connectivity index (χ1v) is 4.92. The van der Waals surface area contributed by atoms with E-state index < -0.39 is 0 Å². The van der Waals surface area contributed by atoms with Crippen molar-refractivity contribution in [1.82, 2.24) is 9.55 Å². The maximum atomic E-state index is 11.6. The van der Waals surface area contributed by atoms with E-state index in [2.05, 4.69) is 11.6 Å². The monoisotopic (exact) mass is 210 g/mol. The van der Waals surface area contributed by atoms with Crippen LogP contribution in [0.25, 0.3) is 0 Å². The molecule has 0 unspecified atom stereocenters. The van der Waals surface area contributed by atoms with Crippen molar-refractivity contribution >= 4 is 12.2 Å². The minimum atomic E-state index is -0.0719. The molecule has 0 aliphatic carbocycles. The summed E-state index contributed by atoms with van der Waals surface area (Å²) in [6.45, 7) is 8.05. The van der Waals surface area contributed by atoms with Crippen LogP contribution in [0.2, 0.25) is 0 Å². The van der Waals surface area contributed by atoms with E-state index >= 15 is 0 Å². The second-order valence-corrected chi connectivity index (χ2v) is 3.81. The molecule has 1 aromatic rings. The van der Waals surface area contributed by atoms with Crippen molar-refractivity contribution < 1.29 is 0 Å². The average molecular weight is 210 g/mol. The summed E-state index contributed by atoms with van der Waals surface area (Å²) < 4.78 is 1.94. The van der Waals surface area contributed by atoms with Crippen LogP contribution in [0.4, 0.5) is 0 Å². The van der Waals surface area contributed by atoms with E-state index in [0.29, 0.717) is 11.3 Å². The van der Waals surface area contributed by atoms with Crippen molar-refractivity contribution in [1.29, 1.82) is 0 Å². The van der Waals surface area contributed by atoms with Crippen LogP contribution in [0, 0.1) is 4.77 Å². The van der Waals surface area contributed by atoms with E-state index in [1.807, 2.05) is 13.8 Å². The molecule has 1 aromatic heterocycles. The first kappa shape index (κ1) is 10.9. The maximum absolute atomic E-state index is 11.6. The topological polar surface area (TPSA) is 37.8 Å². The molecule has 0 saturated carbocycles. The fourth-order valence-corrected chi connectivity index (χ4v) is 1.43. The number of rotatable bonds is 3. The Balaban J connectivity index is 3.33. The van der Waals surface area contributed by atoms with Gasteiger partial charge in [0.1, 0.15) is 0 Å². The first-order chi connectivity index (χ1) is 6.56. The largest absolute Gasteiger partial charge is 0.335 e. The predicted molar refractivity (Wildman–Crippen MR) is 60.2 cm³/mol. The van der Waals surface area contributed by atoms with E-state index in [9.17, 15) is 4.79 Å². The highest BCUT2D eigenvalue weighted by molar-refractivity contribution is 7.71. The first-order valence-electron chi connectivity index (χ1n) is 4.51. The number of allylic oxidation sites excluding steroid dienone is 1. The molecule has 3 nitrogen and oxygen atoms in total. The van der Waals surface area contributed by atoms with Crippen molar-refractivity contribution in [3.05, 3.63) is 39.5 Å². The van der Waals surface area contributed by atoms with Crippen LogP contribution in [-0.2, 0) is 6.54 Å². The molecule has 0 fully saturated rings. The lowest BCUT2D eigenvalue weighted by molar-refractivity contribution is 0.705. The molecular weight excluding hydrogens is 196 g/mol. The summed E-state index contributed by atoms with van der Waals surface area (Å²) in [6, 6.07) is 1.59. The van der Waals surface area contributed by atoms with E-state index in [4.69, 9.17) is 12.2 Å². The molecule has 0 amide bonds. The van der Waals surface area contributed by atoms with Gasteiger partial charge in [-0.3, -0.25) is 9.36 Å². The second-order valence-electron chi connectivity index (χ2n) is 3.42. The van der Waals surface area contributed by atoms with Gasteiger partial charge in [0, 0.05) is 18.3 Å². The van der Waals surface area contributed by atoms with E-state index in [1.54, 1.807) is 12.1 Å². The third-order valence-electron chi connectivity index (χ3n) is 1.98. The number of hydrogen-bond donors (Lipinski definition) is 1. The van der Waals surface area contributed by atoms with Gasteiger partial charge in [0.15, 0.2) is 4.77 Å². The molecule has 1 rings (SSSR count). The predicted octanol–water partition coefficient (Wildman–Crippen LogP) is 2.22. The third-order valence-corrected chi connectivity index (χ3v) is 2.30. The minimum Gasteiger partial charge on any atom is -0.335 e. The molecule has 0 aliphatic rings. The number of nitrogens with zero attached hydrogens (tertiary/aromatic N) is 1. The van der Waals surface area contributed by atoms with Gasteiger partial charge in [0.2, 0.25) is 0 Å². The van der Waals surface area contributed by atoms with E-state index in [-0.39, 0.29) is 11.5 Å². The number of nitrogens with one attached hydrogen (secondary N) is 1. The summed E-state index contributed by atoms with van der Waals surface area (Å²) in [5, 5.41) is 0. The van der Waals surface area contributed by atoms with Gasteiger partial charge in [-0.1, -0.05) is 19.9 Å². The average Bonchev–Trinajstić information content (AvgIpc) is 2.10. The van der Waals surface area contributed by atoms with Crippen molar-refractivity contribution in [3.63, 3.8) is 0 Å². The number of aromatic nitrogens is 2. The van der Waals surface area contributed by atoms with Gasteiger partial charge in [-0.05, 0) is 18.1 Å². The summed E-state index contributed by atoms with van der Waals surface area (Å²) in [6.07, 6.45) is 1.65. The number of H-pyrrole nitrogens is 1. The molecule has 1 N–H and O–H groups in total. The molecule has 1 heterocycles. The van der Waals surface area contributed by atoms with Gasteiger partial charge >= 0.3 is 0 Å². The Hall–Kier alpha value is -1.16.